The lowest BCUT2D eigenvalue weighted by molar-refractivity contribution is 0.335. The van der Waals surface area contributed by atoms with E-state index >= 15 is 0 Å². The van der Waals surface area contributed by atoms with Crippen molar-refractivity contribution in [3.8, 4) is 0 Å². The fourth-order valence-corrected chi connectivity index (χ4v) is 4.02. The summed E-state index contributed by atoms with van der Waals surface area (Å²) in [5, 5.41) is 0. The third-order valence-corrected chi connectivity index (χ3v) is 5.93. The van der Waals surface area contributed by atoms with Gasteiger partial charge in [-0.1, -0.05) is 32.9 Å². The van der Waals surface area contributed by atoms with Crippen LogP contribution < -0.4 is 0 Å². The molecule has 6 heteroatoms. The van der Waals surface area contributed by atoms with Crippen molar-refractivity contribution >= 4 is 10.0 Å². The Labute approximate surface area is 131 Å². The molecule has 0 unspecified atom stereocenters. The summed E-state index contributed by atoms with van der Waals surface area (Å²) in [5.41, 5.74) is 1.14. The number of hydrogen-bond donors (Lipinski definition) is 0. The Morgan fingerprint density at radius 1 is 1.09 bits per heavy atom. The molecule has 1 aromatic heterocycles. The molecule has 3 rings (SSSR count). The molecule has 0 fully saturated rings. The van der Waals surface area contributed by atoms with Crippen LogP contribution >= 0.6 is 0 Å². The number of nitrogens with zero attached hydrogens (tertiary/aromatic N) is 3. The van der Waals surface area contributed by atoms with Crippen molar-refractivity contribution < 1.29 is 8.42 Å². The zero-order valence-corrected chi connectivity index (χ0v) is 14.0. The molecule has 1 aliphatic rings. The van der Waals surface area contributed by atoms with Gasteiger partial charge in [0.05, 0.1) is 11.4 Å². The number of imidazole rings is 1. The molecule has 5 nitrogen and oxygen atoms in total. The highest BCUT2D eigenvalue weighted by molar-refractivity contribution is 7.89. The van der Waals surface area contributed by atoms with E-state index in [1.165, 1.54) is 4.31 Å². The fourth-order valence-electron chi connectivity index (χ4n) is 2.63. The third-order valence-electron chi connectivity index (χ3n) is 4.07. The van der Waals surface area contributed by atoms with E-state index < -0.39 is 10.0 Å². The summed E-state index contributed by atoms with van der Waals surface area (Å²) in [7, 11) is -3.46. The number of rotatable bonds is 2. The molecule has 118 valence electrons. The van der Waals surface area contributed by atoms with E-state index in [1.54, 1.807) is 18.3 Å². The first-order valence-corrected chi connectivity index (χ1v) is 8.83. The van der Waals surface area contributed by atoms with E-state index in [-0.39, 0.29) is 5.41 Å². The van der Waals surface area contributed by atoms with E-state index in [9.17, 15) is 8.42 Å². The minimum atomic E-state index is -3.46. The lowest BCUT2D eigenvalue weighted by Gasteiger charge is -2.27. The van der Waals surface area contributed by atoms with E-state index in [2.05, 4.69) is 25.8 Å². The molecule has 0 atom stereocenters. The molecule has 1 aliphatic heterocycles. The van der Waals surface area contributed by atoms with E-state index in [1.807, 2.05) is 22.9 Å². The molecular formula is C16H21N3O2S. The van der Waals surface area contributed by atoms with Crippen LogP contribution in [-0.2, 0) is 28.5 Å². The van der Waals surface area contributed by atoms with Crippen LogP contribution in [-0.4, -0.2) is 28.8 Å². The van der Waals surface area contributed by atoms with E-state index in [4.69, 9.17) is 0 Å². The molecule has 1 aromatic carbocycles. The summed E-state index contributed by atoms with van der Waals surface area (Å²) in [6.45, 7) is 7.79. The molecule has 0 saturated carbocycles. The Morgan fingerprint density at radius 2 is 1.77 bits per heavy atom. The van der Waals surface area contributed by atoms with Gasteiger partial charge in [0, 0.05) is 25.5 Å². The van der Waals surface area contributed by atoms with Crippen LogP contribution in [0.2, 0.25) is 0 Å². The molecule has 0 N–H and O–H groups in total. The number of benzene rings is 1. The van der Waals surface area contributed by atoms with Gasteiger partial charge in [-0.15, -0.1) is 0 Å². The predicted octanol–water partition coefficient (Wildman–Crippen LogP) is 2.39. The smallest absolute Gasteiger partial charge is 0.243 e. The second-order valence-corrected chi connectivity index (χ2v) is 8.59. The first-order chi connectivity index (χ1) is 10.3. The van der Waals surface area contributed by atoms with Crippen molar-refractivity contribution in [1.82, 2.24) is 13.9 Å². The van der Waals surface area contributed by atoms with Crippen LogP contribution in [0.25, 0.3) is 0 Å². The summed E-state index contributed by atoms with van der Waals surface area (Å²) in [4.78, 5) is 4.57. The molecule has 22 heavy (non-hydrogen) atoms. The van der Waals surface area contributed by atoms with Gasteiger partial charge in [-0.05, 0) is 23.1 Å². The first-order valence-electron chi connectivity index (χ1n) is 7.39. The Morgan fingerprint density at radius 3 is 2.41 bits per heavy atom. The lowest BCUT2D eigenvalue weighted by Crippen LogP contribution is -2.38. The van der Waals surface area contributed by atoms with Crippen LogP contribution in [0, 0.1) is 0 Å². The quantitative estimate of drug-likeness (QED) is 0.854. The average Bonchev–Trinajstić information content (AvgIpc) is 2.94. The Balaban J connectivity index is 1.88. The molecule has 2 aromatic rings. The zero-order valence-electron chi connectivity index (χ0n) is 13.2. The number of hydrogen-bond acceptors (Lipinski definition) is 3. The second kappa shape index (κ2) is 5.21. The van der Waals surface area contributed by atoms with Crippen molar-refractivity contribution in [2.75, 3.05) is 6.54 Å². The Hall–Kier alpha value is -1.66. The highest BCUT2D eigenvalue weighted by Crippen LogP contribution is 2.26. The summed E-state index contributed by atoms with van der Waals surface area (Å²) < 4.78 is 29.0. The molecule has 0 aliphatic carbocycles. The number of fused-ring (bicyclic) bond motifs is 1. The molecule has 0 radical (unpaired) electrons. The maximum atomic E-state index is 12.8. The molecular weight excluding hydrogens is 298 g/mol. The van der Waals surface area contributed by atoms with Gasteiger partial charge in [-0.2, -0.15) is 4.31 Å². The van der Waals surface area contributed by atoms with Crippen molar-refractivity contribution in [3.63, 3.8) is 0 Å². The van der Waals surface area contributed by atoms with Crippen molar-refractivity contribution in [3.05, 3.63) is 48.0 Å². The maximum absolute atomic E-state index is 12.8. The van der Waals surface area contributed by atoms with Crippen LogP contribution in [0.5, 0.6) is 0 Å². The highest BCUT2D eigenvalue weighted by atomic mass is 32.2. The number of sulfonamides is 1. The second-order valence-electron chi connectivity index (χ2n) is 6.65. The summed E-state index contributed by atoms with van der Waals surface area (Å²) in [5.74, 6) is 0.793. The topological polar surface area (TPSA) is 55.2 Å². The fraction of sp³-hybridized carbons (Fsp3) is 0.438. The van der Waals surface area contributed by atoms with Crippen molar-refractivity contribution in [2.45, 2.75) is 44.2 Å². The average molecular weight is 319 g/mol. The summed E-state index contributed by atoms with van der Waals surface area (Å²) in [6.07, 6.45) is 3.60. The standard InChI is InChI=1S/C16H21N3O2S/c1-16(2,3)13-4-6-14(7-5-13)22(20,21)19-11-10-18-9-8-17-15(18)12-19/h4-9H,10-12H2,1-3H3. The summed E-state index contributed by atoms with van der Waals surface area (Å²) in [6, 6.07) is 7.21. The summed E-state index contributed by atoms with van der Waals surface area (Å²) >= 11 is 0. The van der Waals surface area contributed by atoms with Gasteiger partial charge >= 0.3 is 0 Å². The maximum Gasteiger partial charge on any atom is 0.243 e. The third kappa shape index (κ3) is 2.68. The lowest BCUT2D eigenvalue weighted by atomic mass is 9.87. The van der Waals surface area contributed by atoms with Crippen molar-refractivity contribution in [2.24, 2.45) is 0 Å². The molecule has 0 amide bonds. The van der Waals surface area contributed by atoms with Gasteiger partial charge in [0.25, 0.3) is 0 Å². The van der Waals surface area contributed by atoms with Crippen LogP contribution in [0.1, 0.15) is 32.2 Å². The monoisotopic (exact) mass is 319 g/mol. The van der Waals surface area contributed by atoms with Crippen LogP contribution in [0.4, 0.5) is 0 Å². The molecule has 0 spiro atoms. The van der Waals surface area contributed by atoms with E-state index in [0.29, 0.717) is 24.5 Å². The zero-order chi connectivity index (χ0) is 16.0. The van der Waals surface area contributed by atoms with Gasteiger partial charge in [0.2, 0.25) is 10.0 Å². The van der Waals surface area contributed by atoms with E-state index in [0.717, 1.165) is 11.4 Å². The van der Waals surface area contributed by atoms with Gasteiger partial charge in [-0.25, -0.2) is 13.4 Å². The Kier molecular flexibility index (Phi) is 3.61. The van der Waals surface area contributed by atoms with Gasteiger partial charge in [0.15, 0.2) is 0 Å². The number of aromatic nitrogens is 2. The van der Waals surface area contributed by atoms with Gasteiger partial charge < -0.3 is 4.57 Å². The minimum Gasteiger partial charge on any atom is -0.333 e. The predicted molar refractivity (Wildman–Crippen MR) is 85.0 cm³/mol. The van der Waals surface area contributed by atoms with Crippen molar-refractivity contribution in [1.29, 1.82) is 0 Å². The molecule has 2 heterocycles. The first kappa shape index (κ1) is 15.2. The normalized spacial score (nSPS) is 16.5. The van der Waals surface area contributed by atoms with Gasteiger partial charge in [0.1, 0.15) is 5.82 Å². The largest absolute Gasteiger partial charge is 0.333 e. The molecule has 0 saturated heterocycles. The van der Waals surface area contributed by atoms with Crippen LogP contribution in [0.3, 0.4) is 0 Å². The molecule has 0 bridgehead atoms. The van der Waals surface area contributed by atoms with Gasteiger partial charge in [-0.3, -0.25) is 0 Å². The minimum absolute atomic E-state index is 0.0121. The SMILES string of the molecule is CC(C)(C)c1ccc(S(=O)(=O)N2CCn3ccnc3C2)cc1. The highest BCUT2D eigenvalue weighted by Gasteiger charge is 2.29. The van der Waals surface area contributed by atoms with Crippen LogP contribution in [0.15, 0.2) is 41.6 Å². The Bertz CT molecular complexity index is 770.